The second-order valence-corrected chi connectivity index (χ2v) is 4.41. The summed E-state index contributed by atoms with van der Waals surface area (Å²) in [6.07, 6.45) is 0.891. The van der Waals surface area contributed by atoms with Gasteiger partial charge in [-0.15, -0.1) is 0 Å². The molecule has 1 aromatic carbocycles. The fourth-order valence-electron chi connectivity index (χ4n) is 2.18. The highest BCUT2D eigenvalue weighted by Crippen LogP contribution is 2.15. The van der Waals surface area contributed by atoms with Crippen LogP contribution >= 0.6 is 0 Å². The molecule has 2 heterocycles. The van der Waals surface area contributed by atoms with Gasteiger partial charge in [-0.3, -0.25) is 0 Å². The summed E-state index contributed by atoms with van der Waals surface area (Å²) >= 11 is 0. The van der Waals surface area contributed by atoms with Crippen LogP contribution in [0.5, 0.6) is 0 Å². The van der Waals surface area contributed by atoms with Crippen LogP contribution in [0.4, 0.5) is 0 Å². The van der Waals surface area contributed by atoms with Crippen LogP contribution in [0.3, 0.4) is 0 Å². The van der Waals surface area contributed by atoms with E-state index in [-0.39, 0.29) is 0 Å². The van der Waals surface area contributed by atoms with Crippen LogP contribution in [0.15, 0.2) is 24.3 Å². The number of fused-ring (bicyclic) bond motifs is 2. The van der Waals surface area contributed by atoms with Crippen molar-refractivity contribution in [2.45, 2.75) is 20.3 Å². The van der Waals surface area contributed by atoms with Gasteiger partial charge < -0.3 is 0 Å². The van der Waals surface area contributed by atoms with Crippen molar-refractivity contribution in [2.75, 3.05) is 0 Å². The Morgan fingerprint density at radius 1 is 1.06 bits per heavy atom. The molecule has 2 aromatic heterocycles. The van der Waals surface area contributed by atoms with Crippen LogP contribution < -0.4 is 4.57 Å². The molecular formula is C14H15N4+. The lowest BCUT2D eigenvalue weighted by molar-refractivity contribution is -0.686. The van der Waals surface area contributed by atoms with E-state index in [1.165, 1.54) is 0 Å². The summed E-state index contributed by atoms with van der Waals surface area (Å²) in [5.41, 5.74) is 4.54. The topological polar surface area (TPSA) is 42.6 Å². The molecule has 0 aliphatic carbocycles. The first-order valence-corrected chi connectivity index (χ1v) is 6.12. The van der Waals surface area contributed by atoms with E-state index in [0.717, 1.165) is 40.1 Å². The number of benzene rings is 1. The van der Waals surface area contributed by atoms with E-state index >= 15 is 0 Å². The summed E-state index contributed by atoms with van der Waals surface area (Å²) in [5, 5.41) is 0. The molecule has 0 aliphatic heterocycles. The van der Waals surface area contributed by atoms with Gasteiger partial charge in [0.2, 0.25) is 0 Å². The van der Waals surface area contributed by atoms with E-state index < -0.39 is 0 Å². The summed E-state index contributed by atoms with van der Waals surface area (Å²) < 4.78 is 2.09. The number of aryl methyl sites for hydroxylation is 2. The summed E-state index contributed by atoms with van der Waals surface area (Å²) in [5.74, 6) is 1.03. The molecule has 0 atom stereocenters. The van der Waals surface area contributed by atoms with Gasteiger partial charge in [-0.1, -0.05) is 19.1 Å². The number of para-hydroxylation sites is 2. The first-order chi connectivity index (χ1) is 8.70. The van der Waals surface area contributed by atoms with E-state index in [2.05, 4.69) is 33.4 Å². The average molecular weight is 239 g/mol. The molecule has 0 bridgehead atoms. The van der Waals surface area contributed by atoms with Gasteiger partial charge in [-0.05, 0) is 17.1 Å². The molecule has 0 fully saturated rings. The molecule has 4 nitrogen and oxygen atoms in total. The number of nitrogens with zero attached hydrogens (tertiary/aromatic N) is 4. The normalized spacial score (nSPS) is 11.3. The Hall–Kier alpha value is -2.10. The zero-order chi connectivity index (χ0) is 12.7. The van der Waals surface area contributed by atoms with Gasteiger partial charge in [0.25, 0.3) is 5.65 Å². The Morgan fingerprint density at radius 2 is 1.72 bits per heavy atom. The largest absolute Gasteiger partial charge is 0.300 e. The van der Waals surface area contributed by atoms with E-state index in [4.69, 9.17) is 0 Å². The molecule has 0 amide bonds. The predicted octanol–water partition coefficient (Wildman–Crippen LogP) is 1.87. The van der Waals surface area contributed by atoms with Crippen LogP contribution in [0.2, 0.25) is 0 Å². The molecule has 90 valence electrons. The van der Waals surface area contributed by atoms with Crippen LogP contribution in [0.1, 0.15) is 18.4 Å². The lowest BCUT2D eigenvalue weighted by Gasteiger charge is -2.04. The highest BCUT2D eigenvalue weighted by molar-refractivity contribution is 5.84. The van der Waals surface area contributed by atoms with E-state index in [1.807, 2.05) is 31.3 Å². The average Bonchev–Trinajstić information content (AvgIpc) is 2.41. The van der Waals surface area contributed by atoms with Gasteiger partial charge in [0.05, 0.1) is 24.5 Å². The predicted molar refractivity (Wildman–Crippen MR) is 70.1 cm³/mol. The molecule has 0 radical (unpaired) electrons. The molecule has 4 heteroatoms. The minimum Gasteiger partial charge on any atom is -0.236 e. The second-order valence-electron chi connectivity index (χ2n) is 4.41. The van der Waals surface area contributed by atoms with Crippen LogP contribution in [-0.4, -0.2) is 15.0 Å². The maximum atomic E-state index is 4.67. The fraction of sp³-hybridized carbons (Fsp3) is 0.286. The van der Waals surface area contributed by atoms with Gasteiger partial charge in [0.15, 0.2) is 5.52 Å². The first-order valence-electron chi connectivity index (χ1n) is 6.12. The fourth-order valence-corrected chi connectivity index (χ4v) is 2.18. The molecule has 18 heavy (non-hydrogen) atoms. The second kappa shape index (κ2) is 3.98. The highest BCUT2D eigenvalue weighted by atomic mass is 15.1. The first kappa shape index (κ1) is 11.0. The molecule has 0 aliphatic rings. The van der Waals surface area contributed by atoms with Crippen molar-refractivity contribution in [1.29, 1.82) is 0 Å². The van der Waals surface area contributed by atoms with Crippen LogP contribution in [-0.2, 0) is 13.5 Å². The zero-order valence-corrected chi connectivity index (χ0v) is 10.8. The van der Waals surface area contributed by atoms with E-state index in [9.17, 15) is 0 Å². The molecule has 3 rings (SSSR count). The van der Waals surface area contributed by atoms with E-state index in [1.54, 1.807) is 0 Å². The lowest BCUT2D eigenvalue weighted by Crippen LogP contribution is -2.38. The molecule has 0 spiro atoms. The summed E-state index contributed by atoms with van der Waals surface area (Å²) in [6.45, 7) is 4.16. The standard InChI is InChI=1S/C14H15N4/c1-4-12-17-14-13(9(2)18(12)3)15-10-7-5-6-8-11(10)16-14/h5-8H,4H2,1-3H3/q+1. The monoisotopic (exact) mass is 239 g/mol. The van der Waals surface area contributed by atoms with Crippen molar-refractivity contribution in [3.8, 4) is 0 Å². The minimum absolute atomic E-state index is 0.737. The van der Waals surface area contributed by atoms with Crippen molar-refractivity contribution >= 4 is 22.2 Å². The zero-order valence-electron chi connectivity index (χ0n) is 10.8. The van der Waals surface area contributed by atoms with Gasteiger partial charge in [0.1, 0.15) is 5.69 Å². The van der Waals surface area contributed by atoms with Crippen molar-refractivity contribution in [3.05, 3.63) is 35.8 Å². The van der Waals surface area contributed by atoms with Crippen LogP contribution in [0, 0.1) is 6.92 Å². The van der Waals surface area contributed by atoms with Gasteiger partial charge in [0, 0.05) is 6.92 Å². The molecule has 0 saturated carbocycles. The Kier molecular flexibility index (Phi) is 2.44. The number of aromatic nitrogens is 4. The smallest absolute Gasteiger partial charge is 0.236 e. The van der Waals surface area contributed by atoms with Gasteiger partial charge >= 0.3 is 5.82 Å². The maximum Gasteiger partial charge on any atom is 0.300 e. The van der Waals surface area contributed by atoms with Crippen molar-refractivity contribution in [3.63, 3.8) is 0 Å². The summed E-state index contributed by atoms with van der Waals surface area (Å²) in [4.78, 5) is 13.9. The Bertz CT molecular complexity index is 749. The quantitative estimate of drug-likeness (QED) is 0.481. The van der Waals surface area contributed by atoms with Gasteiger partial charge in [-0.2, -0.15) is 0 Å². The highest BCUT2D eigenvalue weighted by Gasteiger charge is 2.18. The SMILES string of the molecule is CCc1nc2nc3ccccc3nc2c(C)[n+]1C. The number of rotatable bonds is 1. The lowest BCUT2D eigenvalue weighted by atomic mass is 10.2. The van der Waals surface area contributed by atoms with E-state index in [0.29, 0.717) is 0 Å². The summed E-state index contributed by atoms with van der Waals surface area (Å²) in [6, 6.07) is 7.90. The molecule has 3 aromatic rings. The number of hydrogen-bond donors (Lipinski definition) is 0. The third-order valence-electron chi connectivity index (χ3n) is 3.34. The minimum atomic E-state index is 0.737. The van der Waals surface area contributed by atoms with Crippen molar-refractivity contribution < 1.29 is 4.57 Å². The Labute approximate surface area is 105 Å². The molecule has 0 saturated heterocycles. The third kappa shape index (κ3) is 1.53. The summed E-state index contributed by atoms with van der Waals surface area (Å²) in [7, 11) is 2.03. The van der Waals surface area contributed by atoms with Crippen molar-refractivity contribution in [1.82, 2.24) is 15.0 Å². The van der Waals surface area contributed by atoms with Crippen molar-refractivity contribution in [2.24, 2.45) is 7.05 Å². The third-order valence-corrected chi connectivity index (χ3v) is 3.34. The number of hydrogen-bond acceptors (Lipinski definition) is 3. The van der Waals surface area contributed by atoms with Gasteiger partial charge in [-0.25, -0.2) is 14.5 Å². The molecule has 0 unspecified atom stereocenters. The molecular weight excluding hydrogens is 224 g/mol. The Morgan fingerprint density at radius 3 is 2.39 bits per heavy atom. The Balaban J connectivity index is 2.46. The van der Waals surface area contributed by atoms with Crippen LogP contribution in [0.25, 0.3) is 22.2 Å². The maximum absolute atomic E-state index is 4.67. The molecule has 0 N–H and O–H groups in total.